The van der Waals surface area contributed by atoms with E-state index in [1.54, 1.807) is 28.4 Å². The fourth-order valence-electron chi connectivity index (χ4n) is 11.0. The van der Waals surface area contributed by atoms with E-state index in [4.69, 9.17) is 18.9 Å². The molecule has 8 nitrogen and oxygen atoms in total. The molecule has 3 N–H and O–H groups in total. The molecule has 0 aromatic rings. The molecule has 33 heavy (non-hydrogen) atoms. The van der Waals surface area contributed by atoms with Crippen LogP contribution in [0.2, 0.25) is 0 Å². The lowest BCUT2D eigenvalue weighted by molar-refractivity contribution is -0.318. The van der Waals surface area contributed by atoms with Gasteiger partial charge in [0.15, 0.2) is 0 Å². The Morgan fingerprint density at radius 2 is 1.82 bits per heavy atom. The summed E-state index contributed by atoms with van der Waals surface area (Å²) in [6.45, 7) is 4.18. The van der Waals surface area contributed by atoms with Gasteiger partial charge in [-0.15, -0.1) is 0 Å². The average molecular weight is 468 g/mol. The molecule has 6 fully saturated rings. The smallest absolute Gasteiger partial charge is 0.136 e. The van der Waals surface area contributed by atoms with Crippen LogP contribution >= 0.6 is 0 Å². The van der Waals surface area contributed by atoms with Gasteiger partial charge >= 0.3 is 0 Å². The van der Waals surface area contributed by atoms with Crippen LogP contribution in [0.15, 0.2) is 0 Å². The van der Waals surface area contributed by atoms with E-state index in [2.05, 4.69) is 11.8 Å². The number of ether oxygens (including phenoxy) is 4. The van der Waals surface area contributed by atoms with E-state index in [1.807, 2.05) is 0 Å². The first-order valence-corrected chi connectivity index (χ1v) is 12.7. The van der Waals surface area contributed by atoms with Crippen molar-refractivity contribution in [2.45, 2.75) is 74.3 Å². The Morgan fingerprint density at radius 1 is 1.06 bits per heavy atom. The van der Waals surface area contributed by atoms with E-state index < -0.39 is 28.8 Å². The van der Waals surface area contributed by atoms with Gasteiger partial charge in [-0.3, -0.25) is 4.90 Å². The summed E-state index contributed by atoms with van der Waals surface area (Å²) in [5, 5.41) is 37.6. The standard InChI is InChI=1S/C25H41NO7/c1-6-26-11-22(12-30-2)8-7-16(27)24-14-9-13-15(31-3)10-23(28,17(14)18(13)32-4)25(29,21(24)26)20(33-5)19(22)24/h13-21,27-29H,6-12H2,1-5H3/t13-,14-,15+,16+,17?,18+,19-,20+,21?,22+,23-,24+,25+/m1/s1. The SMILES string of the molecule is CCN1C[C@]2(COC)CC[C@H](O)[C@]34C1[C@@](O)([C@@H](OC)[C@H]23)[C@@]1(O)C[C@H](OC)[C@H]2C[C@@H]4C1[C@H]2OC. The molecule has 188 valence electrons. The number of piperidine rings is 1. The minimum Gasteiger partial charge on any atom is -0.392 e. The van der Waals surface area contributed by atoms with Gasteiger partial charge in [0, 0.05) is 70.0 Å². The van der Waals surface area contributed by atoms with Crippen molar-refractivity contribution in [1.82, 2.24) is 4.90 Å². The van der Waals surface area contributed by atoms with Crippen LogP contribution in [0, 0.1) is 34.5 Å². The highest BCUT2D eigenvalue weighted by molar-refractivity contribution is 5.41. The predicted molar refractivity (Wildman–Crippen MR) is 119 cm³/mol. The molecule has 2 unspecified atom stereocenters. The van der Waals surface area contributed by atoms with E-state index in [0.29, 0.717) is 19.4 Å². The molecule has 1 spiro atoms. The molecule has 1 heterocycles. The van der Waals surface area contributed by atoms with Crippen molar-refractivity contribution in [1.29, 1.82) is 0 Å². The van der Waals surface area contributed by atoms with E-state index in [-0.39, 0.29) is 47.3 Å². The van der Waals surface area contributed by atoms with Crippen molar-refractivity contribution < 1.29 is 34.3 Å². The zero-order valence-corrected chi connectivity index (χ0v) is 20.6. The highest BCUT2D eigenvalue weighted by Crippen LogP contribution is 2.80. The van der Waals surface area contributed by atoms with Crippen LogP contribution in [-0.4, -0.2) is 110 Å². The maximum absolute atomic E-state index is 12.9. The van der Waals surface area contributed by atoms with Crippen molar-refractivity contribution in [2.24, 2.45) is 34.5 Å². The van der Waals surface area contributed by atoms with Crippen molar-refractivity contribution in [3.8, 4) is 0 Å². The van der Waals surface area contributed by atoms with E-state index in [9.17, 15) is 15.3 Å². The van der Waals surface area contributed by atoms with Gasteiger partial charge in [0.2, 0.25) is 0 Å². The zero-order valence-electron chi connectivity index (χ0n) is 20.6. The second-order valence-electron chi connectivity index (χ2n) is 11.9. The fourth-order valence-corrected chi connectivity index (χ4v) is 11.0. The number of likely N-dealkylation sites (tertiary alicyclic amines) is 1. The quantitative estimate of drug-likeness (QED) is 0.512. The van der Waals surface area contributed by atoms with E-state index >= 15 is 0 Å². The molecule has 0 radical (unpaired) electrons. The summed E-state index contributed by atoms with van der Waals surface area (Å²) in [5.41, 5.74) is -3.82. The number of aliphatic hydroxyl groups is 3. The highest BCUT2D eigenvalue weighted by Gasteiger charge is 2.91. The van der Waals surface area contributed by atoms with Crippen molar-refractivity contribution in [3.05, 3.63) is 0 Å². The first kappa shape index (κ1) is 23.1. The number of nitrogens with zero attached hydrogens (tertiary/aromatic N) is 1. The molecular formula is C25H41NO7. The van der Waals surface area contributed by atoms with E-state index in [1.165, 1.54) is 0 Å². The molecule has 6 aliphatic rings. The summed E-state index contributed by atoms with van der Waals surface area (Å²) in [6, 6.07) is -0.386. The normalized spacial score (nSPS) is 60.9. The van der Waals surface area contributed by atoms with Gasteiger partial charge in [-0.2, -0.15) is 0 Å². The second kappa shape index (κ2) is 7.13. The lowest BCUT2D eigenvalue weighted by Gasteiger charge is -2.69. The molecule has 1 saturated heterocycles. The lowest BCUT2D eigenvalue weighted by Crippen LogP contribution is -2.82. The first-order valence-electron chi connectivity index (χ1n) is 12.7. The molecule has 0 amide bonds. The Bertz CT molecular complexity index is 814. The number of likely N-dealkylation sites (N-methyl/N-ethyl adjacent to an activating group) is 1. The Morgan fingerprint density at radius 3 is 2.42 bits per heavy atom. The number of methoxy groups -OCH3 is 4. The highest BCUT2D eigenvalue weighted by atomic mass is 16.5. The number of fused-ring (bicyclic) bond motifs is 2. The van der Waals surface area contributed by atoms with Crippen LogP contribution < -0.4 is 0 Å². The number of hydrogen-bond acceptors (Lipinski definition) is 8. The van der Waals surface area contributed by atoms with Crippen LogP contribution in [0.1, 0.15) is 32.6 Å². The largest absolute Gasteiger partial charge is 0.392 e. The van der Waals surface area contributed by atoms with Crippen molar-refractivity contribution in [3.63, 3.8) is 0 Å². The Balaban J connectivity index is 1.67. The monoisotopic (exact) mass is 467 g/mol. The molecule has 0 aromatic carbocycles. The molecule has 6 rings (SSSR count). The van der Waals surface area contributed by atoms with Crippen LogP contribution in [0.3, 0.4) is 0 Å². The van der Waals surface area contributed by atoms with Gasteiger partial charge in [-0.05, 0) is 31.7 Å². The summed E-state index contributed by atoms with van der Waals surface area (Å²) in [6.07, 6.45) is 1.06. The predicted octanol–water partition coefficient (Wildman–Crippen LogP) is 0.271. The van der Waals surface area contributed by atoms with Gasteiger partial charge in [0.05, 0.1) is 37.1 Å². The van der Waals surface area contributed by atoms with Crippen molar-refractivity contribution >= 4 is 0 Å². The lowest BCUT2D eigenvalue weighted by atomic mass is 9.42. The first-order chi connectivity index (χ1) is 15.8. The Labute approximate surface area is 196 Å². The number of hydrogen-bond donors (Lipinski definition) is 3. The van der Waals surface area contributed by atoms with Gasteiger partial charge in [-0.1, -0.05) is 6.92 Å². The summed E-state index contributed by atoms with van der Waals surface area (Å²) in [5.74, 6) is -0.231. The molecule has 7 bridgehead atoms. The van der Waals surface area contributed by atoms with Gasteiger partial charge in [0.1, 0.15) is 11.2 Å². The molecular weight excluding hydrogens is 426 g/mol. The third kappa shape index (κ3) is 2.20. The maximum atomic E-state index is 12.9. The Kier molecular flexibility index (Phi) is 4.99. The third-order valence-corrected chi connectivity index (χ3v) is 11.5. The maximum Gasteiger partial charge on any atom is 0.136 e. The molecule has 8 heteroatoms. The summed E-state index contributed by atoms with van der Waals surface area (Å²) in [4.78, 5) is 2.33. The summed E-state index contributed by atoms with van der Waals surface area (Å²) in [7, 11) is 6.79. The molecule has 1 aliphatic heterocycles. The average Bonchev–Trinajstić information content (AvgIpc) is 3.22. The van der Waals surface area contributed by atoms with Crippen LogP contribution in [0.5, 0.6) is 0 Å². The van der Waals surface area contributed by atoms with Crippen molar-refractivity contribution in [2.75, 3.05) is 48.1 Å². The second-order valence-corrected chi connectivity index (χ2v) is 11.9. The number of aliphatic hydroxyl groups excluding tert-OH is 1. The minimum atomic E-state index is -1.55. The third-order valence-electron chi connectivity index (χ3n) is 11.5. The van der Waals surface area contributed by atoms with E-state index in [0.717, 1.165) is 25.9 Å². The minimum absolute atomic E-state index is 0.00825. The molecule has 0 aromatic heterocycles. The van der Waals surface area contributed by atoms with Gasteiger partial charge in [-0.25, -0.2) is 0 Å². The number of rotatable bonds is 6. The summed E-state index contributed by atoms with van der Waals surface area (Å²) >= 11 is 0. The molecule has 5 saturated carbocycles. The molecule has 13 atom stereocenters. The zero-order chi connectivity index (χ0) is 23.6. The van der Waals surface area contributed by atoms with Crippen LogP contribution in [0.25, 0.3) is 0 Å². The van der Waals surface area contributed by atoms with Crippen LogP contribution in [-0.2, 0) is 18.9 Å². The Hall–Kier alpha value is -0.320. The summed E-state index contributed by atoms with van der Waals surface area (Å²) < 4.78 is 24.0. The van der Waals surface area contributed by atoms with Gasteiger partial charge in [0.25, 0.3) is 0 Å². The fraction of sp³-hybridized carbons (Fsp3) is 1.00. The van der Waals surface area contributed by atoms with Crippen LogP contribution in [0.4, 0.5) is 0 Å². The topological polar surface area (TPSA) is 101 Å². The molecule has 5 aliphatic carbocycles. The van der Waals surface area contributed by atoms with Gasteiger partial charge < -0.3 is 34.3 Å².